The maximum absolute atomic E-state index is 12.0. The highest BCUT2D eigenvalue weighted by Crippen LogP contribution is 2.29. The van der Waals surface area contributed by atoms with Crippen molar-refractivity contribution < 1.29 is 9.59 Å². The predicted molar refractivity (Wildman–Crippen MR) is 101 cm³/mol. The lowest BCUT2D eigenvalue weighted by Gasteiger charge is -2.30. The van der Waals surface area contributed by atoms with Gasteiger partial charge >= 0.3 is 11.8 Å². The highest BCUT2D eigenvalue weighted by molar-refractivity contribution is 6.35. The first-order valence-electron chi connectivity index (χ1n) is 8.88. The second kappa shape index (κ2) is 8.34. The lowest BCUT2D eigenvalue weighted by Crippen LogP contribution is -2.45. The normalized spacial score (nSPS) is 15.1. The van der Waals surface area contributed by atoms with Crippen LogP contribution >= 0.6 is 0 Å². The number of fused-ring (bicyclic) bond motifs is 1. The second-order valence-electron chi connectivity index (χ2n) is 7.23. The number of anilines is 1. The van der Waals surface area contributed by atoms with Gasteiger partial charge in [-0.1, -0.05) is 12.1 Å². The molecule has 1 heterocycles. The summed E-state index contributed by atoms with van der Waals surface area (Å²) in [7, 11) is 6.09. The van der Waals surface area contributed by atoms with Crippen LogP contribution in [-0.4, -0.2) is 57.0 Å². The molecular formula is C19H30N4O2. The van der Waals surface area contributed by atoms with Gasteiger partial charge in [0.2, 0.25) is 0 Å². The molecule has 6 nitrogen and oxygen atoms in total. The van der Waals surface area contributed by atoms with Crippen LogP contribution in [0.1, 0.15) is 37.4 Å². The summed E-state index contributed by atoms with van der Waals surface area (Å²) in [5, 5.41) is 5.36. The molecule has 138 valence electrons. The Kier molecular flexibility index (Phi) is 6.42. The van der Waals surface area contributed by atoms with E-state index in [1.54, 1.807) is 0 Å². The Labute approximate surface area is 150 Å². The van der Waals surface area contributed by atoms with Gasteiger partial charge in [0.1, 0.15) is 0 Å². The van der Waals surface area contributed by atoms with Crippen LogP contribution in [0.2, 0.25) is 0 Å². The maximum Gasteiger partial charge on any atom is 0.309 e. The molecule has 0 saturated carbocycles. The molecule has 2 N–H and O–H groups in total. The Hall–Kier alpha value is -2.08. The van der Waals surface area contributed by atoms with E-state index in [4.69, 9.17) is 0 Å². The number of hydrogen-bond donors (Lipinski definition) is 2. The smallest absolute Gasteiger partial charge is 0.309 e. The van der Waals surface area contributed by atoms with Crippen molar-refractivity contribution in [3.63, 3.8) is 0 Å². The van der Waals surface area contributed by atoms with E-state index in [0.29, 0.717) is 6.54 Å². The largest absolute Gasteiger partial charge is 0.374 e. The van der Waals surface area contributed by atoms with Crippen LogP contribution in [0.3, 0.4) is 0 Å². The number of carbonyl (C=O) groups is 2. The Bertz CT molecular complexity index is 628. The zero-order valence-corrected chi connectivity index (χ0v) is 15.9. The first-order valence-corrected chi connectivity index (χ1v) is 8.88. The lowest BCUT2D eigenvalue weighted by molar-refractivity contribution is -0.139. The number of nitrogens with one attached hydrogen (secondary N) is 2. The van der Waals surface area contributed by atoms with Crippen LogP contribution in [0.4, 0.5) is 5.69 Å². The summed E-state index contributed by atoms with van der Waals surface area (Å²) in [4.78, 5) is 28.1. The van der Waals surface area contributed by atoms with Crippen molar-refractivity contribution in [3.05, 3.63) is 29.3 Å². The molecule has 1 aromatic carbocycles. The number of carbonyl (C=O) groups excluding carboxylic acids is 2. The van der Waals surface area contributed by atoms with Crippen molar-refractivity contribution in [2.45, 2.75) is 38.8 Å². The number of likely N-dealkylation sites (N-methyl/N-ethyl adjacent to an activating group) is 1. The van der Waals surface area contributed by atoms with Crippen molar-refractivity contribution in [1.29, 1.82) is 0 Å². The van der Waals surface area contributed by atoms with E-state index in [-0.39, 0.29) is 12.1 Å². The van der Waals surface area contributed by atoms with Gasteiger partial charge in [-0.25, -0.2) is 0 Å². The van der Waals surface area contributed by atoms with Gasteiger partial charge in [-0.15, -0.1) is 0 Å². The van der Waals surface area contributed by atoms with Crippen molar-refractivity contribution in [2.24, 2.45) is 0 Å². The zero-order chi connectivity index (χ0) is 18.6. The van der Waals surface area contributed by atoms with Crippen LogP contribution < -0.4 is 15.5 Å². The molecule has 25 heavy (non-hydrogen) atoms. The standard InChI is InChI=1S/C19H30N4O2/c1-13(2)21-19(25)18(24)20-12-17(22(3)4)15-8-9-16-14(11-15)7-6-10-23(16)5/h8-9,11,13,17H,6-7,10,12H2,1-5H3,(H,20,24)(H,21,25). The molecule has 0 aliphatic carbocycles. The summed E-state index contributed by atoms with van der Waals surface area (Å²) < 4.78 is 0. The predicted octanol–water partition coefficient (Wildman–Crippen LogP) is 1.31. The van der Waals surface area contributed by atoms with Gasteiger partial charge in [0.05, 0.1) is 6.04 Å². The van der Waals surface area contributed by atoms with Gasteiger partial charge in [-0.3, -0.25) is 9.59 Å². The quantitative estimate of drug-likeness (QED) is 0.789. The number of amides is 2. The first-order chi connectivity index (χ1) is 11.8. The van der Waals surface area contributed by atoms with E-state index < -0.39 is 11.8 Å². The summed E-state index contributed by atoms with van der Waals surface area (Å²) in [6, 6.07) is 6.48. The molecular weight excluding hydrogens is 316 g/mol. The Morgan fingerprint density at radius 3 is 2.60 bits per heavy atom. The number of aryl methyl sites for hydroxylation is 1. The minimum absolute atomic E-state index is 0.0216. The molecule has 2 rings (SSSR count). The summed E-state index contributed by atoms with van der Waals surface area (Å²) in [6.45, 7) is 5.15. The zero-order valence-electron chi connectivity index (χ0n) is 15.9. The summed E-state index contributed by atoms with van der Waals surface area (Å²) in [6.07, 6.45) is 2.24. The fourth-order valence-electron chi connectivity index (χ4n) is 3.21. The molecule has 0 fully saturated rings. The molecule has 6 heteroatoms. The summed E-state index contributed by atoms with van der Waals surface area (Å²) in [5.74, 6) is -1.17. The number of nitrogens with zero attached hydrogens (tertiary/aromatic N) is 2. The molecule has 0 spiro atoms. The van der Waals surface area contributed by atoms with Gasteiger partial charge < -0.3 is 20.4 Å². The van der Waals surface area contributed by atoms with Crippen LogP contribution in [0, 0.1) is 0 Å². The van der Waals surface area contributed by atoms with Crippen molar-refractivity contribution in [1.82, 2.24) is 15.5 Å². The molecule has 1 aliphatic rings. The van der Waals surface area contributed by atoms with Crippen molar-refractivity contribution in [3.8, 4) is 0 Å². The molecule has 0 aromatic heterocycles. The Morgan fingerprint density at radius 1 is 1.24 bits per heavy atom. The van der Waals surface area contributed by atoms with Crippen molar-refractivity contribution in [2.75, 3.05) is 39.1 Å². The fraction of sp³-hybridized carbons (Fsp3) is 0.579. The third kappa shape index (κ3) is 4.95. The first kappa shape index (κ1) is 19.2. The van der Waals surface area contributed by atoms with Crippen LogP contribution in [0.5, 0.6) is 0 Å². The highest BCUT2D eigenvalue weighted by atomic mass is 16.2. The monoisotopic (exact) mass is 346 g/mol. The molecule has 1 unspecified atom stereocenters. The third-order valence-corrected chi connectivity index (χ3v) is 4.54. The third-order valence-electron chi connectivity index (χ3n) is 4.54. The molecule has 1 aromatic rings. The Balaban J connectivity index is 2.08. The topological polar surface area (TPSA) is 64.7 Å². The molecule has 1 aliphatic heterocycles. The SMILES string of the molecule is CC(C)NC(=O)C(=O)NCC(c1ccc2c(c1)CCCN2C)N(C)C. The number of rotatable bonds is 5. The summed E-state index contributed by atoms with van der Waals surface area (Å²) >= 11 is 0. The Morgan fingerprint density at radius 2 is 1.96 bits per heavy atom. The average molecular weight is 346 g/mol. The lowest BCUT2D eigenvalue weighted by atomic mass is 9.96. The minimum Gasteiger partial charge on any atom is -0.374 e. The molecule has 1 atom stereocenters. The number of benzene rings is 1. The van der Waals surface area contributed by atoms with E-state index in [1.165, 1.54) is 11.3 Å². The van der Waals surface area contributed by atoms with Gasteiger partial charge in [0.15, 0.2) is 0 Å². The average Bonchev–Trinajstić information content (AvgIpc) is 2.54. The van der Waals surface area contributed by atoms with Gasteiger partial charge in [0, 0.05) is 31.9 Å². The molecule has 0 saturated heterocycles. The number of hydrogen-bond acceptors (Lipinski definition) is 4. The molecule has 0 bridgehead atoms. The van der Waals surface area contributed by atoms with E-state index in [0.717, 1.165) is 24.9 Å². The highest BCUT2D eigenvalue weighted by Gasteiger charge is 2.21. The maximum atomic E-state index is 12.0. The van der Waals surface area contributed by atoms with Gasteiger partial charge in [-0.2, -0.15) is 0 Å². The van der Waals surface area contributed by atoms with Crippen LogP contribution in [0.15, 0.2) is 18.2 Å². The van der Waals surface area contributed by atoms with E-state index in [2.05, 4.69) is 45.7 Å². The van der Waals surface area contributed by atoms with Crippen LogP contribution in [-0.2, 0) is 16.0 Å². The van der Waals surface area contributed by atoms with Crippen LogP contribution in [0.25, 0.3) is 0 Å². The van der Waals surface area contributed by atoms with Crippen molar-refractivity contribution >= 4 is 17.5 Å². The van der Waals surface area contributed by atoms with E-state index in [1.807, 2.05) is 27.9 Å². The van der Waals surface area contributed by atoms with E-state index in [9.17, 15) is 9.59 Å². The van der Waals surface area contributed by atoms with Gasteiger partial charge in [0.25, 0.3) is 0 Å². The van der Waals surface area contributed by atoms with E-state index >= 15 is 0 Å². The fourth-order valence-corrected chi connectivity index (χ4v) is 3.21. The van der Waals surface area contributed by atoms with Gasteiger partial charge in [-0.05, 0) is 58.0 Å². The molecule has 0 radical (unpaired) electrons. The minimum atomic E-state index is -0.585. The summed E-state index contributed by atoms with van der Waals surface area (Å²) in [5.41, 5.74) is 3.79. The molecule has 2 amide bonds. The second-order valence-corrected chi connectivity index (χ2v) is 7.23.